The smallest absolute Gasteiger partial charge is 0.250 e. The Labute approximate surface area is 189 Å². The van der Waals surface area contributed by atoms with Gasteiger partial charge in [0.2, 0.25) is 0 Å². The summed E-state index contributed by atoms with van der Waals surface area (Å²) in [5.74, 6) is 0.805. The van der Waals surface area contributed by atoms with Gasteiger partial charge in [0, 0.05) is 21.5 Å². The Morgan fingerprint density at radius 1 is 1.27 bits per heavy atom. The van der Waals surface area contributed by atoms with E-state index >= 15 is 0 Å². The van der Waals surface area contributed by atoms with Crippen LogP contribution in [0.5, 0.6) is 5.75 Å². The lowest BCUT2D eigenvalue weighted by atomic mass is 10.2. The maximum atomic E-state index is 12.1. The molecule has 0 saturated heterocycles. The second kappa shape index (κ2) is 11.7. The summed E-state index contributed by atoms with van der Waals surface area (Å²) in [7, 11) is 0. The maximum absolute atomic E-state index is 12.1. The van der Waals surface area contributed by atoms with Gasteiger partial charge in [0.05, 0.1) is 24.3 Å². The fraction of sp³-hybridized carbons (Fsp3) is 0.227. The van der Waals surface area contributed by atoms with Gasteiger partial charge in [-0.05, 0) is 30.7 Å². The summed E-state index contributed by atoms with van der Waals surface area (Å²) < 4.78 is 6.59. The first kappa shape index (κ1) is 22.3. The van der Waals surface area contributed by atoms with Crippen LogP contribution in [-0.2, 0) is 4.79 Å². The zero-order valence-electron chi connectivity index (χ0n) is 16.5. The Bertz CT molecular complexity index is 990. The minimum atomic E-state index is -0.191. The molecule has 5 nitrogen and oxygen atoms in total. The fourth-order valence-corrected chi connectivity index (χ4v) is 4.21. The SMILES string of the molecule is CCCCOc1ccccc1/C=N/NC(=O)CSc1nc(-c2ccc(Cl)cc2)cs1. The van der Waals surface area contributed by atoms with Crippen LogP contribution in [-0.4, -0.2) is 29.5 Å². The van der Waals surface area contributed by atoms with Crippen molar-refractivity contribution in [1.82, 2.24) is 10.4 Å². The number of amides is 1. The van der Waals surface area contributed by atoms with Crippen molar-refractivity contribution in [3.8, 4) is 17.0 Å². The summed E-state index contributed by atoms with van der Waals surface area (Å²) in [6.07, 6.45) is 3.67. The Balaban J connectivity index is 1.48. The number of nitrogens with zero attached hydrogens (tertiary/aromatic N) is 2. The van der Waals surface area contributed by atoms with Crippen molar-refractivity contribution in [1.29, 1.82) is 0 Å². The lowest BCUT2D eigenvalue weighted by Crippen LogP contribution is -2.19. The molecule has 1 amide bonds. The second-order valence-corrected chi connectivity index (χ2v) is 8.84. The Morgan fingerprint density at radius 2 is 2.07 bits per heavy atom. The number of aromatic nitrogens is 1. The number of hydrazone groups is 1. The summed E-state index contributed by atoms with van der Waals surface area (Å²) in [6, 6.07) is 15.2. The van der Waals surface area contributed by atoms with E-state index < -0.39 is 0 Å². The van der Waals surface area contributed by atoms with Crippen LogP contribution in [0.15, 0.2) is 63.4 Å². The Morgan fingerprint density at radius 3 is 2.87 bits per heavy atom. The maximum Gasteiger partial charge on any atom is 0.250 e. The highest BCUT2D eigenvalue weighted by Crippen LogP contribution is 2.28. The molecular formula is C22H22ClN3O2S2. The molecule has 0 bridgehead atoms. The molecule has 1 N–H and O–H groups in total. The summed E-state index contributed by atoms with van der Waals surface area (Å²) in [4.78, 5) is 16.7. The van der Waals surface area contributed by atoms with Crippen molar-refractivity contribution in [2.45, 2.75) is 24.1 Å². The standard InChI is InChI=1S/C22H22ClN3O2S2/c1-2-3-12-28-20-7-5-4-6-17(20)13-24-26-21(27)15-30-22-25-19(14-29-22)16-8-10-18(23)11-9-16/h4-11,13-14H,2-3,12,15H2,1H3,(H,26,27)/b24-13+. The van der Waals surface area contributed by atoms with Crippen molar-refractivity contribution in [3.05, 3.63) is 64.5 Å². The van der Waals surface area contributed by atoms with Crippen LogP contribution < -0.4 is 10.2 Å². The van der Waals surface area contributed by atoms with E-state index in [0.717, 1.165) is 39.8 Å². The molecule has 30 heavy (non-hydrogen) atoms. The van der Waals surface area contributed by atoms with Crippen LogP contribution in [0.3, 0.4) is 0 Å². The number of halogens is 1. The predicted octanol–water partition coefficient (Wildman–Crippen LogP) is 5.88. The number of carbonyl (C=O) groups excluding carboxylic acids is 1. The van der Waals surface area contributed by atoms with Gasteiger partial charge in [0.25, 0.3) is 5.91 Å². The lowest BCUT2D eigenvalue weighted by molar-refractivity contribution is -0.118. The minimum absolute atomic E-state index is 0.191. The molecule has 3 aromatic rings. The first-order valence-electron chi connectivity index (χ1n) is 9.53. The van der Waals surface area contributed by atoms with Crippen molar-refractivity contribution >= 4 is 46.8 Å². The topological polar surface area (TPSA) is 63.6 Å². The Hall–Kier alpha value is -2.35. The average molecular weight is 460 g/mol. The van der Waals surface area contributed by atoms with E-state index in [0.29, 0.717) is 11.6 Å². The molecule has 8 heteroatoms. The van der Waals surface area contributed by atoms with E-state index in [-0.39, 0.29) is 11.7 Å². The van der Waals surface area contributed by atoms with Gasteiger partial charge >= 0.3 is 0 Å². The molecular weight excluding hydrogens is 438 g/mol. The lowest BCUT2D eigenvalue weighted by Gasteiger charge is -2.07. The third-order valence-electron chi connectivity index (χ3n) is 4.02. The monoisotopic (exact) mass is 459 g/mol. The number of nitrogens with one attached hydrogen (secondary N) is 1. The van der Waals surface area contributed by atoms with E-state index in [1.165, 1.54) is 23.1 Å². The number of hydrogen-bond donors (Lipinski definition) is 1. The zero-order valence-corrected chi connectivity index (χ0v) is 18.9. The number of ether oxygens (including phenoxy) is 1. The van der Waals surface area contributed by atoms with Gasteiger partial charge in [0.1, 0.15) is 5.75 Å². The molecule has 0 fully saturated rings. The number of para-hydroxylation sites is 1. The molecule has 1 aromatic heterocycles. The van der Waals surface area contributed by atoms with Gasteiger partial charge < -0.3 is 4.74 Å². The quantitative estimate of drug-likeness (QED) is 0.178. The summed E-state index contributed by atoms with van der Waals surface area (Å²) >= 11 is 8.81. The van der Waals surface area contributed by atoms with E-state index in [1.54, 1.807) is 6.21 Å². The highest BCUT2D eigenvalue weighted by atomic mass is 35.5. The number of unbranched alkanes of at least 4 members (excludes halogenated alkanes) is 1. The van der Waals surface area contributed by atoms with Gasteiger partial charge in [-0.25, -0.2) is 10.4 Å². The van der Waals surface area contributed by atoms with Gasteiger partial charge in [0.15, 0.2) is 4.34 Å². The van der Waals surface area contributed by atoms with Gasteiger partial charge in [-0.2, -0.15) is 5.10 Å². The molecule has 3 rings (SSSR count). The molecule has 0 spiro atoms. The molecule has 0 aliphatic heterocycles. The predicted molar refractivity (Wildman–Crippen MR) is 126 cm³/mol. The average Bonchev–Trinajstić information content (AvgIpc) is 3.23. The summed E-state index contributed by atoms with van der Waals surface area (Å²) in [5, 5.41) is 6.72. The van der Waals surface area contributed by atoms with Crippen molar-refractivity contribution in [3.63, 3.8) is 0 Å². The summed E-state index contributed by atoms with van der Waals surface area (Å²) in [6.45, 7) is 2.78. The molecule has 0 atom stereocenters. The number of thioether (sulfide) groups is 1. The third kappa shape index (κ3) is 6.86. The molecule has 0 unspecified atom stereocenters. The van der Waals surface area contributed by atoms with E-state index in [4.69, 9.17) is 16.3 Å². The fourth-order valence-electron chi connectivity index (χ4n) is 2.46. The van der Waals surface area contributed by atoms with Crippen molar-refractivity contribution < 1.29 is 9.53 Å². The molecule has 156 valence electrons. The normalized spacial score (nSPS) is 11.0. The largest absolute Gasteiger partial charge is 0.493 e. The number of rotatable bonds is 10. The highest BCUT2D eigenvalue weighted by molar-refractivity contribution is 8.01. The number of carbonyl (C=O) groups is 1. The van der Waals surface area contributed by atoms with Gasteiger partial charge in [-0.1, -0.05) is 61.0 Å². The van der Waals surface area contributed by atoms with Gasteiger partial charge in [-0.15, -0.1) is 11.3 Å². The molecule has 0 saturated carbocycles. The molecule has 1 heterocycles. The van der Waals surface area contributed by atoms with Gasteiger partial charge in [-0.3, -0.25) is 4.79 Å². The van der Waals surface area contributed by atoms with Crippen molar-refractivity contribution in [2.24, 2.45) is 5.10 Å². The van der Waals surface area contributed by atoms with Crippen LogP contribution in [0.25, 0.3) is 11.3 Å². The molecule has 0 aliphatic rings. The number of thiazole rings is 1. The van der Waals surface area contributed by atoms with E-state index in [1.807, 2.05) is 53.9 Å². The first-order valence-corrected chi connectivity index (χ1v) is 11.8. The summed E-state index contributed by atoms with van der Waals surface area (Å²) in [5.41, 5.74) is 5.25. The minimum Gasteiger partial charge on any atom is -0.493 e. The van der Waals surface area contributed by atoms with Crippen LogP contribution in [0.4, 0.5) is 0 Å². The van der Waals surface area contributed by atoms with Crippen LogP contribution in [0, 0.1) is 0 Å². The van der Waals surface area contributed by atoms with Crippen LogP contribution in [0.1, 0.15) is 25.3 Å². The number of benzene rings is 2. The molecule has 0 aliphatic carbocycles. The Kier molecular flexibility index (Phi) is 8.74. The van der Waals surface area contributed by atoms with E-state index in [2.05, 4.69) is 22.4 Å². The zero-order chi connectivity index (χ0) is 21.2. The second-order valence-electron chi connectivity index (χ2n) is 6.33. The van der Waals surface area contributed by atoms with E-state index in [9.17, 15) is 4.79 Å². The third-order valence-corrected chi connectivity index (χ3v) is 6.29. The molecule has 0 radical (unpaired) electrons. The molecule has 2 aromatic carbocycles. The van der Waals surface area contributed by atoms with Crippen LogP contribution >= 0.6 is 34.7 Å². The van der Waals surface area contributed by atoms with Crippen molar-refractivity contribution in [2.75, 3.05) is 12.4 Å². The van der Waals surface area contributed by atoms with Crippen LogP contribution in [0.2, 0.25) is 5.02 Å². The number of hydrogen-bond acceptors (Lipinski definition) is 6. The first-order chi connectivity index (χ1) is 14.7. The highest BCUT2D eigenvalue weighted by Gasteiger charge is 2.08.